The van der Waals surface area contributed by atoms with Gasteiger partial charge in [0.15, 0.2) is 5.92 Å². The predicted octanol–water partition coefficient (Wildman–Crippen LogP) is 3.64. The molecule has 1 aromatic carbocycles. The van der Waals surface area contributed by atoms with E-state index in [4.69, 9.17) is 32.7 Å². The number of benzene rings is 1. The van der Waals surface area contributed by atoms with E-state index in [2.05, 4.69) is 4.99 Å². The number of hydrogen-bond acceptors (Lipinski definition) is 6. The Bertz CT molecular complexity index is 673. The minimum atomic E-state index is -1.15. The van der Waals surface area contributed by atoms with Crippen molar-refractivity contribution in [3.8, 4) is 0 Å². The van der Waals surface area contributed by atoms with Crippen molar-refractivity contribution in [1.29, 1.82) is 0 Å². The number of aliphatic imine (C=N–C) groups is 1. The van der Waals surface area contributed by atoms with E-state index in [0.29, 0.717) is 0 Å². The number of esters is 2. The Morgan fingerprint density at radius 3 is 2.33 bits per heavy atom. The molecule has 24 heavy (non-hydrogen) atoms. The van der Waals surface area contributed by atoms with Gasteiger partial charge in [-0.2, -0.15) is 0 Å². The number of Topliss-reactive ketones (excluding diaryl/α,β-unsaturated/α-hetero) is 1. The van der Waals surface area contributed by atoms with Crippen molar-refractivity contribution in [2.75, 3.05) is 13.2 Å². The number of ether oxygens (including phenoxy) is 2. The summed E-state index contributed by atoms with van der Waals surface area (Å²) in [6, 6.07) is 2.89. The summed E-state index contributed by atoms with van der Waals surface area (Å²) in [5.41, 5.74) is 0.157. The summed E-state index contributed by atoms with van der Waals surface area (Å²) in [6.07, 6.45) is 1.13. The van der Waals surface area contributed by atoms with Gasteiger partial charge in [0, 0.05) is 6.21 Å². The zero-order valence-corrected chi connectivity index (χ0v) is 15.0. The van der Waals surface area contributed by atoms with Crippen LogP contribution in [0.25, 0.3) is 0 Å². The van der Waals surface area contributed by atoms with Gasteiger partial charge in [0.2, 0.25) is 0 Å². The summed E-state index contributed by atoms with van der Waals surface area (Å²) in [6.45, 7) is 4.84. The van der Waals surface area contributed by atoms with Crippen LogP contribution in [-0.2, 0) is 19.1 Å². The molecule has 0 fully saturated rings. The highest BCUT2D eigenvalue weighted by Gasteiger charge is 2.23. The van der Waals surface area contributed by atoms with Crippen LogP contribution in [0.2, 0.25) is 10.0 Å². The maximum absolute atomic E-state index is 11.9. The van der Waals surface area contributed by atoms with Crippen LogP contribution < -0.4 is 0 Å². The molecule has 1 unspecified atom stereocenters. The fourth-order valence-electron chi connectivity index (χ4n) is 1.75. The molecular formula is C16H17Cl2NO5. The molecule has 0 spiro atoms. The standard InChI is InChI=1S/C16H17Cl2NO5/c1-4-23-15(21)10(9(3)20)8-19-12-7-6-11(17)13(14(12)18)16(22)24-5-2/h6-8,10H,4-5H2,1-3H3. The van der Waals surface area contributed by atoms with Gasteiger partial charge < -0.3 is 9.47 Å². The van der Waals surface area contributed by atoms with E-state index < -0.39 is 23.6 Å². The molecule has 0 aromatic heterocycles. The van der Waals surface area contributed by atoms with Crippen molar-refractivity contribution in [2.45, 2.75) is 20.8 Å². The van der Waals surface area contributed by atoms with Gasteiger partial charge in [-0.1, -0.05) is 23.2 Å². The average molecular weight is 374 g/mol. The molecule has 1 rings (SSSR count). The third kappa shape index (κ3) is 5.04. The lowest BCUT2D eigenvalue weighted by Crippen LogP contribution is -2.25. The second kappa shape index (κ2) is 9.39. The number of hydrogen-bond donors (Lipinski definition) is 0. The second-order valence-electron chi connectivity index (χ2n) is 4.59. The zero-order valence-electron chi connectivity index (χ0n) is 13.5. The largest absolute Gasteiger partial charge is 0.465 e. The Hall–Kier alpha value is -1.92. The number of rotatable bonds is 7. The molecule has 0 aliphatic heterocycles. The Morgan fingerprint density at radius 1 is 1.17 bits per heavy atom. The van der Waals surface area contributed by atoms with Gasteiger partial charge in [0.25, 0.3) is 0 Å². The minimum absolute atomic E-state index is 0.0228. The van der Waals surface area contributed by atoms with Crippen LogP contribution >= 0.6 is 23.2 Å². The molecule has 0 amide bonds. The van der Waals surface area contributed by atoms with E-state index in [1.165, 1.54) is 19.1 Å². The van der Waals surface area contributed by atoms with Gasteiger partial charge >= 0.3 is 11.9 Å². The van der Waals surface area contributed by atoms with Crippen molar-refractivity contribution in [1.82, 2.24) is 0 Å². The van der Waals surface area contributed by atoms with Crippen LogP contribution in [0.4, 0.5) is 5.69 Å². The molecule has 0 heterocycles. The van der Waals surface area contributed by atoms with E-state index in [-0.39, 0.29) is 34.5 Å². The first-order valence-electron chi connectivity index (χ1n) is 7.19. The molecule has 0 bridgehead atoms. The summed E-state index contributed by atoms with van der Waals surface area (Å²) in [4.78, 5) is 39.2. The number of carbonyl (C=O) groups is 3. The lowest BCUT2D eigenvalue weighted by molar-refractivity contribution is -0.148. The van der Waals surface area contributed by atoms with Crippen LogP contribution in [0.5, 0.6) is 0 Å². The molecule has 130 valence electrons. The van der Waals surface area contributed by atoms with Crippen molar-refractivity contribution < 1.29 is 23.9 Å². The molecule has 0 radical (unpaired) electrons. The van der Waals surface area contributed by atoms with E-state index in [0.717, 1.165) is 6.21 Å². The Balaban J connectivity index is 3.18. The topological polar surface area (TPSA) is 82.0 Å². The van der Waals surface area contributed by atoms with Crippen molar-refractivity contribution in [3.05, 3.63) is 27.7 Å². The molecule has 6 nitrogen and oxygen atoms in total. The van der Waals surface area contributed by atoms with Crippen LogP contribution in [0.1, 0.15) is 31.1 Å². The highest BCUT2D eigenvalue weighted by atomic mass is 35.5. The van der Waals surface area contributed by atoms with Crippen LogP contribution in [-0.4, -0.2) is 37.2 Å². The lowest BCUT2D eigenvalue weighted by atomic mass is 10.1. The summed E-state index contributed by atoms with van der Waals surface area (Å²) in [5.74, 6) is -2.96. The monoisotopic (exact) mass is 373 g/mol. The second-order valence-corrected chi connectivity index (χ2v) is 5.38. The summed E-state index contributed by atoms with van der Waals surface area (Å²) in [5, 5.41) is 0.0919. The normalized spacial score (nSPS) is 12.0. The molecular weight excluding hydrogens is 357 g/mol. The smallest absolute Gasteiger partial charge is 0.341 e. The quantitative estimate of drug-likeness (QED) is 0.413. The maximum atomic E-state index is 11.9. The van der Waals surface area contributed by atoms with Crippen LogP contribution in [0.15, 0.2) is 17.1 Å². The first-order valence-corrected chi connectivity index (χ1v) is 7.95. The van der Waals surface area contributed by atoms with Crippen LogP contribution in [0.3, 0.4) is 0 Å². The highest BCUT2D eigenvalue weighted by Crippen LogP contribution is 2.34. The molecule has 1 atom stereocenters. The lowest BCUT2D eigenvalue weighted by Gasteiger charge is -2.10. The average Bonchev–Trinajstić information content (AvgIpc) is 2.49. The summed E-state index contributed by atoms with van der Waals surface area (Å²) < 4.78 is 9.71. The van der Waals surface area contributed by atoms with Gasteiger partial charge in [-0.3, -0.25) is 14.6 Å². The molecule has 0 aliphatic rings. The van der Waals surface area contributed by atoms with Gasteiger partial charge in [-0.15, -0.1) is 0 Å². The number of ketones is 1. The third-order valence-corrected chi connectivity index (χ3v) is 3.59. The highest BCUT2D eigenvalue weighted by molar-refractivity contribution is 6.41. The Kier molecular flexibility index (Phi) is 7.88. The van der Waals surface area contributed by atoms with Crippen molar-refractivity contribution in [2.24, 2.45) is 10.9 Å². The molecule has 0 saturated heterocycles. The van der Waals surface area contributed by atoms with E-state index in [9.17, 15) is 14.4 Å². The fraction of sp³-hybridized carbons (Fsp3) is 0.375. The molecule has 0 saturated carbocycles. The maximum Gasteiger partial charge on any atom is 0.341 e. The first kappa shape index (κ1) is 20.1. The van der Waals surface area contributed by atoms with E-state index in [1.54, 1.807) is 13.8 Å². The van der Waals surface area contributed by atoms with Crippen LogP contribution in [0, 0.1) is 5.92 Å². The van der Waals surface area contributed by atoms with Gasteiger partial charge in [-0.05, 0) is 32.9 Å². The fourth-order valence-corrected chi connectivity index (χ4v) is 2.32. The van der Waals surface area contributed by atoms with Crippen molar-refractivity contribution in [3.63, 3.8) is 0 Å². The molecule has 8 heteroatoms. The molecule has 0 aliphatic carbocycles. The SMILES string of the molecule is CCOC(=O)c1c(Cl)ccc(N=CC(C(C)=O)C(=O)OCC)c1Cl. The molecule has 1 aromatic rings. The minimum Gasteiger partial charge on any atom is -0.465 e. The van der Waals surface area contributed by atoms with Gasteiger partial charge in [-0.25, -0.2) is 4.79 Å². The zero-order chi connectivity index (χ0) is 18.3. The van der Waals surface area contributed by atoms with E-state index in [1.807, 2.05) is 0 Å². The number of halogens is 2. The summed E-state index contributed by atoms with van der Waals surface area (Å²) >= 11 is 12.1. The van der Waals surface area contributed by atoms with Gasteiger partial charge in [0.05, 0.1) is 34.5 Å². The number of nitrogens with zero attached hydrogens (tertiary/aromatic N) is 1. The Morgan fingerprint density at radius 2 is 1.79 bits per heavy atom. The summed E-state index contributed by atoms with van der Waals surface area (Å²) in [7, 11) is 0. The third-order valence-electron chi connectivity index (χ3n) is 2.89. The first-order chi connectivity index (χ1) is 11.3. The predicted molar refractivity (Wildman–Crippen MR) is 91.4 cm³/mol. The van der Waals surface area contributed by atoms with Crippen molar-refractivity contribution >= 4 is 52.8 Å². The number of carbonyl (C=O) groups excluding carboxylic acids is 3. The molecule has 0 N–H and O–H groups in total. The Labute approximate surface area is 149 Å². The van der Waals surface area contributed by atoms with Gasteiger partial charge in [0.1, 0.15) is 5.78 Å². The van der Waals surface area contributed by atoms with E-state index >= 15 is 0 Å².